The summed E-state index contributed by atoms with van der Waals surface area (Å²) >= 11 is 5.83. The molecule has 0 bridgehead atoms. The lowest BCUT2D eigenvalue weighted by molar-refractivity contribution is 0.0942. The summed E-state index contributed by atoms with van der Waals surface area (Å²) in [5, 5.41) is 15.8. The SMILES string of the molecule is CNc1nc(Cl)nc(NCC2(CO)CCCCC2)n1. The highest BCUT2D eigenvalue weighted by Gasteiger charge is 2.31. The third-order valence-electron chi connectivity index (χ3n) is 3.70. The molecule has 1 saturated carbocycles. The second kappa shape index (κ2) is 6.34. The van der Waals surface area contributed by atoms with Crippen LogP contribution in [0.15, 0.2) is 0 Å². The predicted octanol–water partition coefficient (Wildman–Crippen LogP) is 1.92. The lowest BCUT2D eigenvalue weighted by Gasteiger charge is -2.35. The van der Waals surface area contributed by atoms with Crippen molar-refractivity contribution < 1.29 is 5.11 Å². The minimum atomic E-state index is -0.0584. The van der Waals surface area contributed by atoms with Gasteiger partial charge in [0.05, 0.1) is 6.61 Å². The Kier molecular flexibility index (Phi) is 4.76. The quantitative estimate of drug-likeness (QED) is 0.767. The van der Waals surface area contributed by atoms with Gasteiger partial charge in [0.1, 0.15) is 0 Å². The summed E-state index contributed by atoms with van der Waals surface area (Å²) in [5.41, 5.74) is -0.0584. The number of aliphatic hydroxyl groups is 1. The van der Waals surface area contributed by atoms with Crippen molar-refractivity contribution in [2.75, 3.05) is 30.8 Å². The fraction of sp³-hybridized carbons (Fsp3) is 0.750. The van der Waals surface area contributed by atoms with E-state index in [9.17, 15) is 5.11 Å². The van der Waals surface area contributed by atoms with Crippen molar-refractivity contribution in [3.8, 4) is 0 Å². The lowest BCUT2D eigenvalue weighted by Crippen LogP contribution is -2.36. The Morgan fingerprint density at radius 1 is 1.16 bits per heavy atom. The van der Waals surface area contributed by atoms with Crippen LogP contribution in [0.4, 0.5) is 11.9 Å². The molecule has 1 heterocycles. The Labute approximate surface area is 118 Å². The second-order valence-corrected chi connectivity index (χ2v) is 5.41. The van der Waals surface area contributed by atoms with Gasteiger partial charge < -0.3 is 15.7 Å². The number of anilines is 2. The molecule has 0 aromatic carbocycles. The van der Waals surface area contributed by atoms with E-state index in [4.69, 9.17) is 11.6 Å². The first-order valence-electron chi connectivity index (χ1n) is 6.61. The topological polar surface area (TPSA) is 83.0 Å². The molecule has 0 radical (unpaired) electrons. The van der Waals surface area contributed by atoms with Crippen LogP contribution in [0.1, 0.15) is 32.1 Å². The van der Waals surface area contributed by atoms with E-state index in [1.165, 1.54) is 19.3 Å². The van der Waals surface area contributed by atoms with E-state index in [1.54, 1.807) is 7.05 Å². The number of hydrogen-bond acceptors (Lipinski definition) is 6. The number of nitrogens with zero attached hydrogens (tertiary/aromatic N) is 3. The maximum atomic E-state index is 9.64. The fourth-order valence-electron chi connectivity index (χ4n) is 2.50. The Morgan fingerprint density at radius 3 is 2.47 bits per heavy atom. The first kappa shape index (κ1) is 14.3. The summed E-state index contributed by atoms with van der Waals surface area (Å²) < 4.78 is 0. The molecular formula is C12H20ClN5O. The van der Waals surface area contributed by atoms with E-state index in [-0.39, 0.29) is 17.3 Å². The molecule has 0 amide bonds. The van der Waals surface area contributed by atoms with Crippen molar-refractivity contribution >= 4 is 23.5 Å². The van der Waals surface area contributed by atoms with Crippen LogP contribution in [0, 0.1) is 5.41 Å². The second-order valence-electron chi connectivity index (χ2n) is 5.07. The zero-order chi connectivity index (χ0) is 13.7. The number of halogens is 1. The van der Waals surface area contributed by atoms with Gasteiger partial charge in [-0.15, -0.1) is 0 Å². The van der Waals surface area contributed by atoms with E-state index in [0.29, 0.717) is 18.4 Å². The van der Waals surface area contributed by atoms with Gasteiger partial charge in [-0.25, -0.2) is 0 Å². The van der Waals surface area contributed by atoms with Crippen molar-refractivity contribution in [2.45, 2.75) is 32.1 Å². The van der Waals surface area contributed by atoms with Crippen LogP contribution in [0.3, 0.4) is 0 Å². The maximum Gasteiger partial charge on any atom is 0.228 e. The molecule has 19 heavy (non-hydrogen) atoms. The van der Waals surface area contributed by atoms with Gasteiger partial charge in [-0.05, 0) is 24.4 Å². The van der Waals surface area contributed by atoms with Gasteiger partial charge in [-0.1, -0.05) is 19.3 Å². The number of hydrogen-bond donors (Lipinski definition) is 3. The van der Waals surface area contributed by atoms with Crippen molar-refractivity contribution in [1.82, 2.24) is 15.0 Å². The number of aliphatic hydroxyl groups excluding tert-OH is 1. The number of rotatable bonds is 5. The zero-order valence-electron chi connectivity index (χ0n) is 11.1. The summed E-state index contributed by atoms with van der Waals surface area (Å²) in [5.74, 6) is 0.881. The molecule has 0 atom stereocenters. The fourth-order valence-corrected chi connectivity index (χ4v) is 2.66. The predicted molar refractivity (Wildman–Crippen MR) is 75.5 cm³/mol. The summed E-state index contributed by atoms with van der Waals surface area (Å²) in [7, 11) is 1.73. The van der Waals surface area contributed by atoms with E-state index in [0.717, 1.165) is 12.8 Å². The minimum Gasteiger partial charge on any atom is -0.396 e. The molecular weight excluding hydrogens is 266 g/mol. The summed E-state index contributed by atoms with van der Waals surface area (Å²) in [4.78, 5) is 12.2. The highest BCUT2D eigenvalue weighted by molar-refractivity contribution is 6.28. The average Bonchev–Trinajstić information content (AvgIpc) is 2.45. The molecule has 7 heteroatoms. The van der Waals surface area contributed by atoms with Crippen LogP contribution in [-0.4, -0.2) is 40.3 Å². The van der Waals surface area contributed by atoms with Crippen molar-refractivity contribution in [1.29, 1.82) is 0 Å². The van der Waals surface area contributed by atoms with Gasteiger partial charge in [0.15, 0.2) is 0 Å². The molecule has 2 rings (SSSR count). The summed E-state index contributed by atoms with van der Waals surface area (Å²) in [6, 6.07) is 0. The van der Waals surface area contributed by atoms with E-state index in [2.05, 4.69) is 25.6 Å². The Morgan fingerprint density at radius 2 is 1.84 bits per heavy atom. The number of nitrogens with one attached hydrogen (secondary N) is 2. The van der Waals surface area contributed by atoms with E-state index >= 15 is 0 Å². The first-order valence-corrected chi connectivity index (χ1v) is 6.99. The van der Waals surface area contributed by atoms with Crippen molar-refractivity contribution in [3.63, 3.8) is 0 Å². The monoisotopic (exact) mass is 285 g/mol. The van der Waals surface area contributed by atoms with Crippen LogP contribution in [0.2, 0.25) is 5.28 Å². The first-order chi connectivity index (χ1) is 9.17. The van der Waals surface area contributed by atoms with Gasteiger partial charge in [-0.2, -0.15) is 15.0 Å². The molecule has 0 unspecified atom stereocenters. The normalized spacial score (nSPS) is 18.1. The highest BCUT2D eigenvalue weighted by Crippen LogP contribution is 2.35. The molecule has 0 aliphatic heterocycles. The lowest BCUT2D eigenvalue weighted by atomic mass is 9.74. The van der Waals surface area contributed by atoms with Gasteiger partial charge >= 0.3 is 0 Å². The maximum absolute atomic E-state index is 9.64. The van der Waals surface area contributed by atoms with Crippen LogP contribution in [0.25, 0.3) is 0 Å². The summed E-state index contributed by atoms with van der Waals surface area (Å²) in [6.07, 6.45) is 5.66. The molecule has 1 aliphatic rings. The van der Waals surface area contributed by atoms with Crippen LogP contribution >= 0.6 is 11.6 Å². The van der Waals surface area contributed by atoms with Crippen LogP contribution < -0.4 is 10.6 Å². The molecule has 1 aliphatic carbocycles. The Hall–Kier alpha value is -1.14. The van der Waals surface area contributed by atoms with Gasteiger partial charge in [0, 0.05) is 19.0 Å². The molecule has 1 aromatic rings. The molecule has 0 spiro atoms. The van der Waals surface area contributed by atoms with Crippen molar-refractivity contribution in [2.24, 2.45) is 5.41 Å². The Bertz CT molecular complexity index is 423. The molecule has 0 saturated heterocycles. The molecule has 1 aromatic heterocycles. The molecule has 6 nitrogen and oxygen atoms in total. The van der Waals surface area contributed by atoms with E-state index in [1.807, 2.05) is 0 Å². The molecule has 3 N–H and O–H groups in total. The number of aromatic nitrogens is 3. The third kappa shape index (κ3) is 3.67. The van der Waals surface area contributed by atoms with Crippen LogP contribution in [0.5, 0.6) is 0 Å². The largest absolute Gasteiger partial charge is 0.396 e. The highest BCUT2D eigenvalue weighted by atomic mass is 35.5. The van der Waals surface area contributed by atoms with Gasteiger partial charge in [-0.3, -0.25) is 0 Å². The van der Waals surface area contributed by atoms with E-state index < -0.39 is 0 Å². The minimum absolute atomic E-state index is 0.0584. The Balaban J connectivity index is 2.02. The van der Waals surface area contributed by atoms with Crippen LogP contribution in [-0.2, 0) is 0 Å². The third-order valence-corrected chi connectivity index (χ3v) is 3.87. The standard InChI is InChI=1S/C12H20ClN5O/c1-14-10-16-9(13)17-11(18-10)15-7-12(8-19)5-3-2-4-6-12/h19H,2-8H2,1H3,(H2,14,15,16,17,18). The smallest absolute Gasteiger partial charge is 0.228 e. The summed E-state index contributed by atoms with van der Waals surface area (Å²) in [6.45, 7) is 0.852. The zero-order valence-corrected chi connectivity index (χ0v) is 11.9. The van der Waals surface area contributed by atoms with Gasteiger partial charge in [0.25, 0.3) is 0 Å². The average molecular weight is 286 g/mol. The molecule has 106 valence electrons. The van der Waals surface area contributed by atoms with Gasteiger partial charge in [0.2, 0.25) is 17.2 Å². The molecule has 1 fully saturated rings. The van der Waals surface area contributed by atoms with Crippen molar-refractivity contribution in [3.05, 3.63) is 5.28 Å².